The smallest absolute Gasteiger partial charge is 0.331 e. The van der Waals surface area contributed by atoms with Crippen molar-refractivity contribution in [2.24, 2.45) is 0 Å². The van der Waals surface area contributed by atoms with Gasteiger partial charge in [0.1, 0.15) is 11.3 Å². The number of benzene rings is 1. The van der Waals surface area contributed by atoms with Crippen molar-refractivity contribution >= 4 is 11.9 Å². The summed E-state index contributed by atoms with van der Waals surface area (Å²) in [7, 11) is 1.28. The molecule has 0 aromatic heterocycles. The second-order valence-corrected chi connectivity index (χ2v) is 4.35. The summed E-state index contributed by atoms with van der Waals surface area (Å²) >= 11 is 0. The molecule has 5 nitrogen and oxygen atoms in total. The van der Waals surface area contributed by atoms with Crippen LogP contribution >= 0.6 is 0 Å². The molecule has 0 bridgehead atoms. The molecule has 0 saturated heterocycles. The Labute approximate surface area is 106 Å². The minimum absolute atomic E-state index is 0.151. The molecule has 0 aliphatic carbocycles. The molecule has 1 aromatic carbocycles. The largest absolute Gasteiger partial charge is 0.508 e. The first-order chi connectivity index (χ1) is 8.37. The van der Waals surface area contributed by atoms with Crippen LogP contribution in [0.1, 0.15) is 19.4 Å². The highest BCUT2D eigenvalue weighted by molar-refractivity contribution is 5.87. The molecule has 1 atom stereocenters. The molecule has 1 aromatic rings. The predicted octanol–water partition coefficient (Wildman–Crippen LogP) is 1.00. The zero-order valence-corrected chi connectivity index (χ0v) is 10.7. The first-order valence-electron chi connectivity index (χ1n) is 5.52. The van der Waals surface area contributed by atoms with E-state index in [1.807, 2.05) is 0 Å². The van der Waals surface area contributed by atoms with Crippen LogP contribution in [0.25, 0.3) is 0 Å². The monoisotopic (exact) mass is 251 g/mol. The predicted molar refractivity (Wildman–Crippen MR) is 66.0 cm³/mol. The normalized spacial score (nSPS) is 13.5. The van der Waals surface area contributed by atoms with Crippen molar-refractivity contribution < 1.29 is 19.4 Å². The number of phenolic OH excluding ortho intramolecular Hbond substituents is 1. The average molecular weight is 251 g/mol. The Morgan fingerprint density at radius 2 is 1.89 bits per heavy atom. The average Bonchev–Trinajstić information content (AvgIpc) is 2.30. The third kappa shape index (κ3) is 3.48. The Morgan fingerprint density at radius 3 is 2.33 bits per heavy atom. The maximum Gasteiger partial charge on any atom is 0.331 e. The van der Waals surface area contributed by atoms with Gasteiger partial charge < -0.3 is 15.2 Å². The molecule has 0 fully saturated rings. The van der Waals surface area contributed by atoms with Gasteiger partial charge in [0, 0.05) is 13.3 Å². The molecular weight excluding hydrogens is 234 g/mol. The number of esters is 1. The van der Waals surface area contributed by atoms with Gasteiger partial charge in [-0.1, -0.05) is 12.1 Å². The van der Waals surface area contributed by atoms with Gasteiger partial charge in [0.25, 0.3) is 0 Å². The number of amides is 1. The van der Waals surface area contributed by atoms with E-state index in [9.17, 15) is 14.7 Å². The number of aromatic hydroxyl groups is 1. The Hall–Kier alpha value is -2.04. The highest BCUT2D eigenvalue weighted by atomic mass is 16.5. The molecular formula is C13H17NO4. The Kier molecular flexibility index (Phi) is 4.31. The summed E-state index contributed by atoms with van der Waals surface area (Å²) in [5.74, 6) is -0.662. The van der Waals surface area contributed by atoms with Gasteiger partial charge in [0.2, 0.25) is 5.91 Å². The Bertz CT molecular complexity index is 441. The number of ether oxygens (including phenoxy) is 1. The standard InChI is InChI=1S/C13H17NO4/c1-9(15)14-13(2,12(17)18-3)8-10-4-6-11(16)7-5-10/h4-7,16H,8H2,1-3H3,(H,14,15)/t13-/m1/s1. The van der Waals surface area contributed by atoms with Gasteiger partial charge in [-0.2, -0.15) is 0 Å². The van der Waals surface area contributed by atoms with E-state index in [4.69, 9.17) is 4.74 Å². The summed E-state index contributed by atoms with van der Waals surface area (Å²) < 4.78 is 4.71. The quantitative estimate of drug-likeness (QED) is 0.783. The number of carbonyl (C=O) groups is 2. The van der Waals surface area contributed by atoms with Crippen LogP contribution in [0, 0.1) is 0 Å². The summed E-state index contributed by atoms with van der Waals surface area (Å²) in [5.41, 5.74) is -0.299. The van der Waals surface area contributed by atoms with Gasteiger partial charge >= 0.3 is 5.97 Å². The molecule has 0 unspecified atom stereocenters. The zero-order valence-electron chi connectivity index (χ0n) is 10.7. The number of rotatable bonds is 4. The van der Waals surface area contributed by atoms with E-state index in [1.54, 1.807) is 19.1 Å². The number of phenols is 1. The van der Waals surface area contributed by atoms with Crippen LogP contribution in [0.2, 0.25) is 0 Å². The summed E-state index contributed by atoms with van der Waals surface area (Å²) in [6, 6.07) is 6.44. The number of methoxy groups -OCH3 is 1. The van der Waals surface area contributed by atoms with E-state index in [1.165, 1.54) is 26.2 Å². The van der Waals surface area contributed by atoms with Crippen LogP contribution in [0.15, 0.2) is 24.3 Å². The molecule has 5 heteroatoms. The van der Waals surface area contributed by atoms with E-state index in [0.29, 0.717) is 6.42 Å². The lowest BCUT2D eigenvalue weighted by atomic mass is 9.92. The maximum atomic E-state index is 11.8. The number of hydrogen-bond donors (Lipinski definition) is 2. The lowest BCUT2D eigenvalue weighted by molar-refractivity contribution is -0.149. The van der Waals surface area contributed by atoms with E-state index in [0.717, 1.165) is 5.56 Å². The van der Waals surface area contributed by atoms with E-state index < -0.39 is 11.5 Å². The molecule has 98 valence electrons. The fourth-order valence-electron chi connectivity index (χ4n) is 1.80. The van der Waals surface area contributed by atoms with Crippen LogP contribution in [0.5, 0.6) is 5.75 Å². The molecule has 0 aliphatic rings. The topological polar surface area (TPSA) is 75.6 Å². The maximum absolute atomic E-state index is 11.8. The summed E-state index contributed by atoms with van der Waals surface area (Å²) in [5, 5.41) is 11.8. The van der Waals surface area contributed by atoms with Gasteiger partial charge in [-0.15, -0.1) is 0 Å². The number of nitrogens with one attached hydrogen (secondary N) is 1. The molecule has 2 N–H and O–H groups in total. The van der Waals surface area contributed by atoms with Crippen molar-refractivity contribution in [3.05, 3.63) is 29.8 Å². The van der Waals surface area contributed by atoms with Gasteiger partial charge in [-0.05, 0) is 24.6 Å². The van der Waals surface area contributed by atoms with E-state index in [2.05, 4.69) is 5.32 Å². The molecule has 0 heterocycles. The summed E-state index contributed by atoms with van der Waals surface area (Å²) in [6.45, 7) is 2.95. The third-order valence-electron chi connectivity index (χ3n) is 2.58. The number of carbonyl (C=O) groups excluding carboxylic acids is 2. The minimum atomic E-state index is -1.11. The Balaban J connectivity index is 2.94. The Morgan fingerprint density at radius 1 is 1.33 bits per heavy atom. The van der Waals surface area contributed by atoms with Crippen LogP contribution in [-0.4, -0.2) is 29.6 Å². The van der Waals surface area contributed by atoms with Crippen molar-refractivity contribution in [3.63, 3.8) is 0 Å². The third-order valence-corrected chi connectivity index (χ3v) is 2.58. The summed E-state index contributed by atoms with van der Waals surface area (Å²) in [4.78, 5) is 22.9. The van der Waals surface area contributed by atoms with Crippen molar-refractivity contribution in [3.8, 4) is 5.75 Å². The minimum Gasteiger partial charge on any atom is -0.508 e. The van der Waals surface area contributed by atoms with Crippen molar-refractivity contribution in [1.82, 2.24) is 5.32 Å². The van der Waals surface area contributed by atoms with Crippen LogP contribution < -0.4 is 5.32 Å². The molecule has 1 amide bonds. The van der Waals surface area contributed by atoms with Gasteiger partial charge in [0.15, 0.2) is 0 Å². The SMILES string of the molecule is COC(=O)[C@@](C)(Cc1ccc(O)cc1)NC(C)=O. The highest BCUT2D eigenvalue weighted by Gasteiger charge is 2.35. The zero-order chi connectivity index (χ0) is 13.8. The first kappa shape index (κ1) is 14.0. The van der Waals surface area contributed by atoms with Crippen molar-refractivity contribution in [1.29, 1.82) is 0 Å². The fourth-order valence-corrected chi connectivity index (χ4v) is 1.80. The van der Waals surface area contributed by atoms with Crippen LogP contribution in [0.3, 0.4) is 0 Å². The lowest BCUT2D eigenvalue weighted by Crippen LogP contribution is -2.53. The summed E-state index contributed by atoms with van der Waals surface area (Å²) in [6.07, 6.45) is 0.291. The van der Waals surface area contributed by atoms with Crippen molar-refractivity contribution in [2.75, 3.05) is 7.11 Å². The van der Waals surface area contributed by atoms with Gasteiger partial charge in [-0.3, -0.25) is 4.79 Å². The molecule has 0 radical (unpaired) electrons. The first-order valence-corrected chi connectivity index (χ1v) is 5.52. The van der Waals surface area contributed by atoms with E-state index >= 15 is 0 Å². The highest BCUT2D eigenvalue weighted by Crippen LogP contribution is 2.17. The lowest BCUT2D eigenvalue weighted by Gasteiger charge is -2.27. The fraction of sp³-hybridized carbons (Fsp3) is 0.385. The molecule has 0 aliphatic heterocycles. The number of hydrogen-bond acceptors (Lipinski definition) is 4. The molecule has 1 rings (SSSR count). The second-order valence-electron chi connectivity index (χ2n) is 4.35. The molecule has 18 heavy (non-hydrogen) atoms. The van der Waals surface area contributed by atoms with Crippen LogP contribution in [-0.2, 0) is 20.7 Å². The van der Waals surface area contributed by atoms with Gasteiger partial charge in [-0.25, -0.2) is 4.79 Å². The second kappa shape index (κ2) is 5.53. The molecule has 0 saturated carbocycles. The van der Waals surface area contributed by atoms with Crippen molar-refractivity contribution in [2.45, 2.75) is 25.8 Å². The van der Waals surface area contributed by atoms with Crippen LogP contribution in [0.4, 0.5) is 0 Å². The molecule has 0 spiro atoms. The van der Waals surface area contributed by atoms with E-state index in [-0.39, 0.29) is 11.7 Å². The van der Waals surface area contributed by atoms with Gasteiger partial charge in [0.05, 0.1) is 7.11 Å².